The molecule has 1 N–H and O–H groups in total. The second kappa shape index (κ2) is 9.40. The maximum Gasteiger partial charge on any atom is 0.208 e. The van der Waals surface area contributed by atoms with Crippen LogP contribution in [-0.4, -0.2) is 36.5 Å². The van der Waals surface area contributed by atoms with Crippen molar-refractivity contribution < 1.29 is 17.2 Å². The number of aromatic nitrogens is 2. The molecule has 0 radical (unpaired) electrons. The first-order valence-corrected chi connectivity index (χ1v) is 12.5. The maximum atomic E-state index is 13.9. The number of nitrogens with zero attached hydrogens (tertiary/aromatic N) is 3. The van der Waals surface area contributed by atoms with Gasteiger partial charge in [-0.1, -0.05) is 31.7 Å². The Hall–Kier alpha value is -2.74. The smallest absolute Gasteiger partial charge is 0.208 e. The molecule has 3 rings (SSSR count). The molecule has 0 spiro atoms. The van der Waals surface area contributed by atoms with Crippen LogP contribution in [0.3, 0.4) is 0 Å². The lowest BCUT2D eigenvalue weighted by molar-refractivity contribution is 0.583. The summed E-state index contributed by atoms with van der Waals surface area (Å²) < 4.78 is 54.3. The Morgan fingerprint density at radius 2 is 1.88 bits per heavy atom. The summed E-state index contributed by atoms with van der Waals surface area (Å²) in [5, 5.41) is 9.82. The summed E-state index contributed by atoms with van der Waals surface area (Å²) in [6, 6.07) is 12.2. The van der Waals surface area contributed by atoms with Gasteiger partial charge in [0.2, 0.25) is 10.0 Å². The second-order valence-electron chi connectivity index (χ2n) is 7.68. The third kappa shape index (κ3) is 5.35. The number of benzene rings is 2. The van der Waals surface area contributed by atoms with E-state index in [9.17, 15) is 22.5 Å². The van der Waals surface area contributed by atoms with Crippen LogP contribution in [0.1, 0.15) is 30.7 Å². The molecule has 0 bridgehead atoms. The Kier molecular flexibility index (Phi) is 7.03. The van der Waals surface area contributed by atoms with Gasteiger partial charge in [0.05, 0.1) is 23.7 Å². The number of nitrogens with one attached hydrogen (secondary N) is 1. The molecule has 6 nitrogen and oxygen atoms in total. The van der Waals surface area contributed by atoms with Gasteiger partial charge in [-0.05, 0) is 42.0 Å². The van der Waals surface area contributed by atoms with Gasteiger partial charge >= 0.3 is 0 Å². The predicted molar refractivity (Wildman–Crippen MR) is 120 cm³/mol. The van der Waals surface area contributed by atoms with Gasteiger partial charge < -0.3 is 0 Å². The Morgan fingerprint density at radius 3 is 2.50 bits per heavy atom. The molecular weight excluding hydrogens is 454 g/mol. The van der Waals surface area contributed by atoms with Crippen molar-refractivity contribution in [2.24, 2.45) is 0 Å². The zero-order valence-corrected chi connectivity index (χ0v) is 19.4. The molecule has 1 heterocycles. The van der Waals surface area contributed by atoms with E-state index in [2.05, 4.69) is 9.71 Å². The van der Waals surface area contributed by atoms with E-state index in [1.54, 1.807) is 24.4 Å². The summed E-state index contributed by atoms with van der Waals surface area (Å²) in [5.74, 6) is -0.535. The van der Waals surface area contributed by atoms with E-state index in [4.69, 9.17) is 0 Å². The standard InChI is InChI=1S/C22H22F2N4O2S2/c1-22(2,16-4-9-19(24)15(12-16)13-25)20-14-26-21(31-11-10-27-32(3,29)30)28(20)18-7-5-17(23)6-8-18/h4-9,12,14,27H,10-11H2,1-3H3. The van der Waals surface area contributed by atoms with Crippen LogP contribution in [0.2, 0.25) is 0 Å². The molecule has 168 valence electrons. The van der Waals surface area contributed by atoms with Crippen molar-refractivity contribution in [3.8, 4) is 11.8 Å². The van der Waals surface area contributed by atoms with Crippen LogP contribution in [0, 0.1) is 23.0 Å². The minimum Gasteiger partial charge on any atom is -0.291 e. The fourth-order valence-corrected chi connectivity index (χ4v) is 4.68. The predicted octanol–water partition coefficient (Wildman–Crippen LogP) is 3.99. The molecule has 0 aliphatic heterocycles. The van der Waals surface area contributed by atoms with Gasteiger partial charge in [0, 0.05) is 23.4 Å². The van der Waals surface area contributed by atoms with Gasteiger partial charge in [-0.15, -0.1) is 0 Å². The van der Waals surface area contributed by atoms with Crippen molar-refractivity contribution in [2.75, 3.05) is 18.6 Å². The maximum absolute atomic E-state index is 13.9. The molecule has 32 heavy (non-hydrogen) atoms. The quantitative estimate of drug-likeness (QED) is 0.392. The van der Waals surface area contributed by atoms with Crippen molar-refractivity contribution in [3.05, 3.63) is 77.1 Å². The highest BCUT2D eigenvalue weighted by molar-refractivity contribution is 7.99. The van der Waals surface area contributed by atoms with Crippen molar-refractivity contribution in [1.82, 2.24) is 14.3 Å². The fourth-order valence-electron chi connectivity index (χ4n) is 3.23. The van der Waals surface area contributed by atoms with E-state index >= 15 is 0 Å². The van der Waals surface area contributed by atoms with Gasteiger partial charge in [-0.2, -0.15) is 5.26 Å². The monoisotopic (exact) mass is 476 g/mol. The molecule has 0 amide bonds. The number of hydrogen-bond acceptors (Lipinski definition) is 5. The zero-order valence-electron chi connectivity index (χ0n) is 17.8. The molecule has 0 aliphatic rings. The van der Waals surface area contributed by atoms with Gasteiger partial charge in [0.1, 0.15) is 17.7 Å². The highest BCUT2D eigenvalue weighted by atomic mass is 32.2. The Balaban J connectivity index is 2.04. The van der Waals surface area contributed by atoms with Gasteiger partial charge in [-0.25, -0.2) is 26.9 Å². The molecule has 3 aromatic rings. The lowest BCUT2D eigenvalue weighted by Crippen LogP contribution is -2.25. The summed E-state index contributed by atoms with van der Waals surface area (Å²) in [5.41, 5.74) is 1.41. The molecule has 0 fully saturated rings. The minimum absolute atomic E-state index is 0.0510. The van der Waals surface area contributed by atoms with Crippen LogP contribution in [0.4, 0.5) is 8.78 Å². The van der Waals surface area contributed by atoms with Gasteiger partial charge in [0.15, 0.2) is 5.16 Å². The summed E-state index contributed by atoms with van der Waals surface area (Å²) in [4.78, 5) is 4.52. The number of sulfonamides is 1. The Bertz CT molecular complexity index is 1260. The lowest BCUT2D eigenvalue weighted by atomic mass is 9.81. The third-order valence-corrected chi connectivity index (χ3v) is 6.64. The molecule has 0 unspecified atom stereocenters. The number of halogens is 2. The van der Waals surface area contributed by atoms with E-state index < -0.39 is 21.3 Å². The molecule has 0 saturated carbocycles. The number of imidazole rings is 1. The highest BCUT2D eigenvalue weighted by Crippen LogP contribution is 2.36. The van der Waals surface area contributed by atoms with Crippen LogP contribution in [0.5, 0.6) is 0 Å². The largest absolute Gasteiger partial charge is 0.291 e. The molecule has 0 atom stereocenters. The number of nitriles is 1. The van der Waals surface area contributed by atoms with Crippen molar-refractivity contribution in [3.63, 3.8) is 0 Å². The number of rotatable bonds is 8. The zero-order chi connectivity index (χ0) is 23.5. The topological polar surface area (TPSA) is 87.8 Å². The number of hydrogen-bond donors (Lipinski definition) is 1. The van der Waals surface area contributed by atoms with Crippen LogP contribution in [-0.2, 0) is 15.4 Å². The first kappa shape index (κ1) is 23.9. The fraction of sp³-hybridized carbons (Fsp3) is 0.273. The Labute approximate surface area is 190 Å². The molecule has 1 aromatic heterocycles. The summed E-state index contributed by atoms with van der Waals surface area (Å²) in [6.07, 6.45) is 2.78. The molecule has 0 saturated heterocycles. The molecular formula is C22H22F2N4O2S2. The van der Waals surface area contributed by atoms with E-state index in [1.165, 1.54) is 36.0 Å². The first-order chi connectivity index (χ1) is 15.0. The third-order valence-electron chi connectivity index (χ3n) is 4.96. The normalized spacial score (nSPS) is 12.0. The van der Waals surface area contributed by atoms with E-state index in [-0.39, 0.29) is 17.9 Å². The summed E-state index contributed by atoms with van der Waals surface area (Å²) in [6.45, 7) is 4.08. The van der Waals surface area contributed by atoms with Gasteiger partial charge in [0.25, 0.3) is 0 Å². The Morgan fingerprint density at radius 1 is 1.19 bits per heavy atom. The first-order valence-electron chi connectivity index (χ1n) is 9.64. The van der Waals surface area contributed by atoms with Crippen LogP contribution in [0.15, 0.2) is 53.8 Å². The highest BCUT2D eigenvalue weighted by Gasteiger charge is 2.30. The van der Waals surface area contributed by atoms with Crippen molar-refractivity contribution in [1.29, 1.82) is 5.26 Å². The SMILES string of the molecule is CC(C)(c1ccc(F)c(C#N)c1)c1cnc(SCCNS(C)(=O)=O)n1-c1ccc(F)cc1. The molecule has 0 aliphatic carbocycles. The summed E-state index contributed by atoms with van der Waals surface area (Å²) >= 11 is 1.35. The lowest BCUT2D eigenvalue weighted by Gasteiger charge is -2.27. The average Bonchev–Trinajstić information content (AvgIpc) is 3.16. The van der Waals surface area contributed by atoms with Crippen LogP contribution >= 0.6 is 11.8 Å². The second-order valence-corrected chi connectivity index (χ2v) is 10.6. The van der Waals surface area contributed by atoms with Crippen LogP contribution < -0.4 is 4.72 Å². The molecule has 10 heteroatoms. The number of thioether (sulfide) groups is 1. The van der Waals surface area contributed by atoms with Crippen LogP contribution in [0.25, 0.3) is 5.69 Å². The van der Waals surface area contributed by atoms with E-state index in [0.717, 1.165) is 11.9 Å². The summed E-state index contributed by atoms with van der Waals surface area (Å²) in [7, 11) is -3.30. The van der Waals surface area contributed by atoms with Crippen molar-refractivity contribution >= 4 is 21.8 Å². The average molecular weight is 477 g/mol. The molecule has 2 aromatic carbocycles. The van der Waals surface area contributed by atoms with Gasteiger partial charge in [-0.3, -0.25) is 4.57 Å². The van der Waals surface area contributed by atoms with E-state index in [1.807, 2.05) is 24.5 Å². The van der Waals surface area contributed by atoms with Crippen molar-refractivity contribution in [2.45, 2.75) is 24.4 Å². The van der Waals surface area contributed by atoms with E-state index in [0.29, 0.717) is 22.2 Å². The minimum atomic E-state index is -3.30.